The Morgan fingerprint density at radius 2 is 1.81 bits per heavy atom. The number of ether oxygens (including phenoxy) is 3. The van der Waals surface area contributed by atoms with Crippen molar-refractivity contribution in [3.63, 3.8) is 0 Å². The minimum atomic E-state index is -0.617. The molecule has 1 aromatic carbocycles. The van der Waals surface area contributed by atoms with E-state index in [4.69, 9.17) is 14.2 Å². The van der Waals surface area contributed by atoms with Gasteiger partial charge in [0.05, 0.1) is 24.2 Å². The zero-order valence-electron chi connectivity index (χ0n) is 15.8. The third kappa shape index (κ3) is 5.50. The van der Waals surface area contributed by atoms with E-state index in [0.717, 1.165) is 16.7 Å². The fraction of sp³-hybridized carbons (Fsp3) is 0.421. The van der Waals surface area contributed by atoms with E-state index in [1.807, 2.05) is 13.8 Å². The van der Waals surface area contributed by atoms with Crippen LogP contribution >= 0.6 is 11.8 Å². The highest BCUT2D eigenvalue weighted by Gasteiger charge is 2.36. The Bertz CT molecular complexity index is 759. The first-order chi connectivity index (χ1) is 12.8. The van der Waals surface area contributed by atoms with Crippen LogP contribution in [0.25, 0.3) is 6.08 Å². The molecule has 1 heterocycles. The smallest absolute Gasteiger partial charge is 0.326 e. The van der Waals surface area contributed by atoms with E-state index in [1.165, 1.54) is 0 Å². The largest absolute Gasteiger partial charge is 0.490 e. The quantitative estimate of drug-likeness (QED) is 0.494. The summed E-state index contributed by atoms with van der Waals surface area (Å²) >= 11 is 0.790. The Morgan fingerprint density at radius 3 is 2.44 bits per heavy atom. The molecule has 1 aliphatic heterocycles. The van der Waals surface area contributed by atoms with Crippen LogP contribution in [0.5, 0.6) is 11.5 Å². The van der Waals surface area contributed by atoms with Crippen molar-refractivity contribution in [1.29, 1.82) is 0 Å². The summed E-state index contributed by atoms with van der Waals surface area (Å²) in [4.78, 5) is 37.4. The number of benzene rings is 1. The van der Waals surface area contributed by atoms with Crippen molar-refractivity contribution in [3.05, 3.63) is 28.7 Å². The number of amides is 2. The minimum Gasteiger partial charge on any atom is -0.490 e. The Labute approximate surface area is 162 Å². The lowest BCUT2D eigenvalue weighted by atomic mass is 10.2. The number of imide groups is 1. The van der Waals surface area contributed by atoms with Gasteiger partial charge in [0.1, 0.15) is 6.54 Å². The molecule has 2 amide bonds. The molecule has 1 aliphatic rings. The molecule has 0 aliphatic carbocycles. The molecule has 0 saturated carbocycles. The number of rotatable bonds is 8. The molecule has 0 spiro atoms. The van der Waals surface area contributed by atoms with E-state index < -0.39 is 23.7 Å². The van der Waals surface area contributed by atoms with Gasteiger partial charge < -0.3 is 14.2 Å². The van der Waals surface area contributed by atoms with Crippen LogP contribution < -0.4 is 9.47 Å². The van der Waals surface area contributed by atoms with Gasteiger partial charge in [-0.3, -0.25) is 19.3 Å². The van der Waals surface area contributed by atoms with Gasteiger partial charge in [-0.1, -0.05) is 6.07 Å². The number of carbonyl (C=O) groups is 3. The summed E-state index contributed by atoms with van der Waals surface area (Å²) in [7, 11) is 0. The Hall–Kier alpha value is -2.48. The molecule has 0 atom stereocenters. The lowest BCUT2D eigenvalue weighted by Crippen LogP contribution is -2.35. The molecule has 8 heteroatoms. The molecular formula is C19H23NO6S. The van der Waals surface area contributed by atoms with Crippen LogP contribution in [0, 0.1) is 0 Å². The lowest BCUT2D eigenvalue weighted by molar-refractivity contribution is -0.149. The molecule has 0 bridgehead atoms. The average Bonchev–Trinajstić information content (AvgIpc) is 2.84. The van der Waals surface area contributed by atoms with Gasteiger partial charge in [-0.25, -0.2) is 0 Å². The topological polar surface area (TPSA) is 82.1 Å². The second-order valence-corrected chi connectivity index (χ2v) is 6.87. The van der Waals surface area contributed by atoms with Crippen LogP contribution in [0.2, 0.25) is 0 Å². The van der Waals surface area contributed by atoms with Crippen molar-refractivity contribution in [3.8, 4) is 11.5 Å². The highest BCUT2D eigenvalue weighted by molar-refractivity contribution is 8.18. The Balaban J connectivity index is 2.19. The third-order valence-corrected chi connectivity index (χ3v) is 4.30. The van der Waals surface area contributed by atoms with Crippen LogP contribution in [-0.2, 0) is 14.3 Å². The molecule has 2 rings (SSSR count). The zero-order chi connectivity index (χ0) is 20.0. The summed E-state index contributed by atoms with van der Waals surface area (Å²) in [6, 6.07) is 5.27. The highest BCUT2D eigenvalue weighted by Crippen LogP contribution is 2.34. The normalized spacial score (nSPS) is 15.6. The first kappa shape index (κ1) is 20.8. The van der Waals surface area contributed by atoms with Gasteiger partial charge in [0, 0.05) is 0 Å². The molecule has 1 saturated heterocycles. The van der Waals surface area contributed by atoms with E-state index in [-0.39, 0.29) is 11.0 Å². The maximum atomic E-state index is 12.5. The van der Waals surface area contributed by atoms with Crippen LogP contribution in [0.1, 0.15) is 33.3 Å². The highest BCUT2D eigenvalue weighted by atomic mass is 32.2. The standard InChI is InChI=1S/C19H23NO6S/c1-5-24-14-8-7-13(9-15(14)25-6-2)10-16-18(22)20(19(23)27-16)11-17(21)26-12(3)4/h7-10,12H,5-6,11H2,1-4H3/b16-10-. The van der Waals surface area contributed by atoms with Gasteiger partial charge in [0.15, 0.2) is 11.5 Å². The van der Waals surface area contributed by atoms with Gasteiger partial charge in [-0.15, -0.1) is 0 Å². The van der Waals surface area contributed by atoms with E-state index in [0.29, 0.717) is 30.3 Å². The molecule has 1 aromatic rings. The van der Waals surface area contributed by atoms with Crippen molar-refractivity contribution < 1.29 is 28.6 Å². The zero-order valence-corrected chi connectivity index (χ0v) is 16.6. The second kappa shape index (κ2) is 9.45. The van der Waals surface area contributed by atoms with E-state index >= 15 is 0 Å². The predicted molar refractivity (Wildman–Crippen MR) is 103 cm³/mol. The molecule has 7 nitrogen and oxygen atoms in total. The average molecular weight is 393 g/mol. The van der Waals surface area contributed by atoms with Crippen LogP contribution in [-0.4, -0.2) is 47.9 Å². The fourth-order valence-electron chi connectivity index (χ4n) is 2.37. The molecule has 0 radical (unpaired) electrons. The fourth-order valence-corrected chi connectivity index (χ4v) is 3.21. The SMILES string of the molecule is CCOc1ccc(/C=C2\SC(=O)N(CC(=O)OC(C)C)C2=O)cc1OCC. The maximum absolute atomic E-state index is 12.5. The number of nitrogens with zero attached hydrogens (tertiary/aromatic N) is 1. The third-order valence-electron chi connectivity index (χ3n) is 3.39. The Morgan fingerprint density at radius 1 is 1.15 bits per heavy atom. The molecule has 146 valence electrons. The van der Waals surface area contributed by atoms with E-state index in [2.05, 4.69) is 0 Å². The summed E-state index contributed by atoms with van der Waals surface area (Å²) in [6.07, 6.45) is 1.28. The number of carbonyl (C=O) groups excluding carboxylic acids is 3. The van der Waals surface area contributed by atoms with Crippen LogP contribution in [0.3, 0.4) is 0 Å². The molecule has 0 aromatic heterocycles. The van der Waals surface area contributed by atoms with Crippen LogP contribution in [0.4, 0.5) is 4.79 Å². The van der Waals surface area contributed by atoms with Crippen molar-refractivity contribution in [2.24, 2.45) is 0 Å². The van der Waals surface area contributed by atoms with Gasteiger partial charge in [0.2, 0.25) is 0 Å². The van der Waals surface area contributed by atoms with Crippen molar-refractivity contribution in [1.82, 2.24) is 4.90 Å². The number of thioether (sulfide) groups is 1. The van der Waals surface area contributed by atoms with Crippen molar-refractivity contribution >= 4 is 35.0 Å². The number of esters is 1. The first-order valence-corrected chi connectivity index (χ1v) is 9.51. The Kier molecular flexibility index (Phi) is 7.29. The van der Waals surface area contributed by atoms with Gasteiger partial charge in [-0.05, 0) is 63.2 Å². The van der Waals surface area contributed by atoms with Crippen molar-refractivity contribution in [2.75, 3.05) is 19.8 Å². The summed E-state index contributed by atoms with van der Waals surface area (Å²) in [5.41, 5.74) is 0.692. The van der Waals surface area contributed by atoms with Gasteiger partial charge in [-0.2, -0.15) is 0 Å². The molecule has 0 N–H and O–H groups in total. The molecule has 1 fully saturated rings. The van der Waals surface area contributed by atoms with E-state index in [1.54, 1.807) is 38.1 Å². The van der Waals surface area contributed by atoms with Gasteiger partial charge >= 0.3 is 5.97 Å². The number of hydrogen-bond acceptors (Lipinski definition) is 7. The summed E-state index contributed by atoms with van der Waals surface area (Å²) in [5, 5.41) is -0.497. The molecule has 27 heavy (non-hydrogen) atoms. The summed E-state index contributed by atoms with van der Waals surface area (Å²) in [5.74, 6) is 0.0414. The van der Waals surface area contributed by atoms with Gasteiger partial charge in [0.25, 0.3) is 11.1 Å². The van der Waals surface area contributed by atoms with Crippen LogP contribution in [0.15, 0.2) is 23.1 Å². The molecular weight excluding hydrogens is 370 g/mol. The first-order valence-electron chi connectivity index (χ1n) is 8.70. The second-order valence-electron chi connectivity index (χ2n) is 5.88. The maximum Gasteiger partial charge on any atom is 0.326 e. The lowest BCUT2D eigenvalue weighted by Gasteiger charge is -2.13. The summed E-state index contributed by atoms with van der Waals surface area (Å²) < 4.78 is 16.1. The number of hydrogen-bond donors (Lipinski definition) is 0. The summed E-state index contributed by atoms with van der Waals surface area (Å²) in [6.45, 7) is 7.73. The van der Waals surface area contributed by atoms with Crippen molar-refractivity contribution in [2.45, 2.75) is 33.8 Å². The monoisotopic (exact) mass is 393 g/mol. The minimum absolute atomic E-state index is 0.240. The predicted octanol–water partition coefficient (Wildman–Crippen LogP) is 3.47. The molecule has 0 unspecified atom stereocenters. The van der Waals surface area contributed by atoms with E-state index in [9.17, 15) is 14.4 Å².